The maximum atomic E-state index is 13.4. The SMILES string of the molecule is Cc1cc2cc(CN(Cc3ccc(F)cc3)C(=S)NC[C@H]3CCCO3)c(=O)[nH]c2cc1C. The van der Waals surface area contributed by atoms with Crippen LogP contribution in [0.5, 0.6) is 0 Å². The van der Waals surface area contributed by atoms with Crippen molar-refractivity contribution in [2.24, 2.45) is 0 Å². The van der Waals surface area contributed by atoms with Crippen molar-refractivity contribution >= 4 is 28.2 Å². The number of aromatic nitrogens is 1. The molecular formula is C25H28FN3O2S. The van der Waals surface area contributed by atoms with Crippen molar-refractivity contribution in [1.82, 2.24) is 15.2 Å². The number of hydrogen-bond donors (Lipinski definition) is 2. The van der Waals surface area contributed by atoms with E-state index in [0.717, 1.165) is 41.5 Å². The van der Waals surface area contributed by atoms with Crippen molar-refractivity contribution in [3.8, 4) is 0 Å². The fourth-order valence-electron chi connectivity index (χ4n) is 3.97. The quantitative estimate of drug-likeness (QED) is 0.544. The summed E-state index contributed by atoms with van der Waals surface area (Å²) in [6.07, 6.45) is 2.22. The lowest BCUT2D eigenvalue weighted by Gasteiger charge is -2.27. The number of aryl methyl sites for hydroxylation is 2. The first-order chi connectivity index (χ1) is 15.4. The van der Waals surface area contributed by atoms with Gasteiger partial charge in [0.15, 0.2) is 5.11 Å². The number of pyridine rings is 1. The highest BCUT2D eigenvalue weighted by Crippen LogP contribution is 2.19. The maximum Gasteiger partial charge on any atom is 0.253 e. The van der Waals surface area contributed by atoms with E-state index in [1.165, 1.54) is 17.7 Å². The van der Waals surface area contributed by atoms with E-state index in [1.54, 1.807) is 12.1 Å². The van der Waals surface area contributed by atoms with E-state index >= 15 is 0 Å². The molecule has 1 saturated heterocycles. The number of benzene rings is 2. The molecule has 1 atom stereocenters. The molecule has 0 spiro atoms. The number of halogens is 1. The van der Waals surface area contributed by atoms with Crippen LogP contribution >= 0.6 is 12.2 Å². The van der Waals surface area contributed by atoms with E-state index in [1.807, 2.05) is 24.0 Å². The molecule has 32 heavy (non-hydrogen) atoms. The van der Waals surface area contributed by atoms with E-state index in [-0.39, 0.29) is 17.5 Å². The summed E-state index contributed by atoms with van der Waals surface area (Å²) in [4.78, 5) is 17.8. The molecule has 0 radical (unpaired) electrons. The van der Waals surface area contributed by atoms with Crippen LogP contribution in [0.1, 0.15) is 35.1 Å². The predicted molar refractivity (Wildman–Crippen MR) is 129 cm³/mol. The molecule has 2 N–H and O–H groups in total. The summed E-state index contributed by atoms with van der Waals surface area (Å²) in [5, 5.41) is 4.83. The monoisotopic (exact) mass is 453 g/mol. The molecule has 1 fully saturated rings. The van der Waals surface area contributed by atoms with E-state index in [0.29, 0.717) is 30.3 Å². The highest BCUT2D eigenvalue weighted by molar-refractivity contribution is 7.80. The van der Waals surface area contributed by atoms with Gasteiger partial charge in [-0.15, -0.1) is 0 Å². The average Bonchev–Trinajstić information content (AvgIpc) is 3.29. The van der Waals surface area contributed by atoms with Gasteiger partial charge in [-0.3, -0.25) is 4.79 Å². The Morgan fingerprint density at radius 2 is 1.94 bits per heavy atom. The molecule has 7 heteroatoms. The minimum Gasteiger partial charge on any atom is -0.376 e. The van der Waals surface area contributed by atoms with Crippen LogP contribution in [0, 0.1) is 19.7 Å². The average molecular weight is 454 g/mol. The van der Waals surface area contributed by atoms with Crippen LogP contribution < -0.4 is 10.9 Å². The van der Waals surface area contributed by atoms with Crippen LogP contribution in [-0.2, 0) is 17.8 Å². The molecule has 0 saturated carbocycles. The molecule has 4 rings (SSSR count). The first kappa shape index (κ1) is 22.4. The van der Waals surface area contributed by atoms with Crippen LogP contribution in [0.25, 0.3) is 10.9 Å². The molecule has 0 bridgehead atoms. The summed E-state index contributed by atoms with van der Waals surface area (Å²) in [5.41, 5.74) is 4.55. The van der Waals surface area contributed by atoms with Crippen molar-refractivity contribution in [2.45, 2.75) is 45.9 Å². The van der Waals surface area contributed by atoms with Crippen molar-refractivity contribution in [3.05, 3.63) is 80.9 Å². The Bertz CT molecular complexity index is 1170. The number of aromatic amines is 1. The lowest BCUT2D eigenvalue weighted by Crippen LogP contribution is -2.42. The Balaban J connectivity index is 1.58. The highest BCUT2D eigenvalue weighted by atomic mass is 32.1. The van der Waals surface area contributed by atoms with Gasteiger partial charge in [-0.2, -0.15) is 0 Å². The van der Waals surface area contributed by atoms with Crippen LogP contribution in [0.15, 0.2) is 47.3 Å². The molecule has 0 unspecified atom stereocenters. The second-order valence-electron chi connectivity index (χ2n) is 8.45. The summed E-state index contributed by atoms with van der Waals surface area (Å²) in [7, 11) is 0. The van der Waals surface area contributed by atoms with E-state index < -0.39 is 0 Å². The largest absolute Gasteiger partial charge is 0.376 e. The van der Waals surface area contributed by atoms with Gasteiger partial charge >= 0.3 is 0 Å². The molecule has 5 nitrogen and oxygen atoms in total. The first-order valence-corrected chi connectivity index (χ1v) is 11.3. The standard InChI is InChI=1S/C25H28FN3O2S/c1-16-10-19-12-20(24(30)28-23(19)11-17(16)2)15-29(14-18-5-7-21(26)8-6-18)25(32)27-13-22-4-3-9-31-22/h5-8,10-12,22H,3-4,9,13-15H2,1-2H3,(H,27,32)(H,28,30)/t22-/m1/s1. The second-order valence-corrected chi connectivity index (χ2v) is 8.84. The van der Waals surface area contributed by atoms with Crippen LogP contribution in [0.2, 0.25) is 0 Å². The summed E-state index contributed by atoms with van der Waals surface area (Å²) in [6.45, 7) is 6.30. The van der Waals surface area contributed by atoms with Crippen molar-refractivity contribution in [3.63, 3.8) is 0 Å². The number of rotatable bonds is 6. The summed E-state index contributed by atoms with van der Waals surface area (Å²) < 4.78 is 19.1. The van der Waals surface area contributed by atoms with Crippen LogP contribution in [0.3, 0.4) is 0 Å². The van der Waals surface area contributed by atoms with Gasteiger partial charge in [-0.25, -0.2) is 4.39 Å². The van der Waals surface area contributed by atoms with Gasteiger partial charge in [0.25, 0.3) is 5.56 Å². The normalized spacial score (nSPS) is 15.8. The van der Waals surface area contributed by atoms with Gasteiger partial charge in [-0.05, 0) is 91.3 Å². The zero-order valence-electron chi connectivity index (χ0n) is 18.4. The minimum atomic E-state index is -0.281. The fourth-order valence-corrected chi connectivity index (χ4v) is 4.19. The highest BCUT2D eigenvalue weighted by Gasteiger charge is 2.19. The van der Waals surface area contributed by atoms with Crippen molar-refractivity contribution in [1.29, 1.82) is 0 Å². The molecule has 1 aromatic heterocycles. The van der Waals surface area contributed by atoms with Gasteiger partial charge in [0.1, 0.15) is 5.82 Å². The topological polar surface area (TPSA) is 57.4 Å². The second kappa shape index (κ2) is 9.79. The third-order valence-corrected chi connectivity index (χ3v) is 6.38. The molecule has 1 aliphatic heterocycles. The van der Waals surface area contributed by atoms with Gasteiger partial charge in [0.05, 0.1) is 12.6 Å². The summed E-state index contributed by atoms with van der Waals surface area (Å²) >= 11 is 5.68. The molecule has 168 valence electrons. The van der Waals surface area contributed by atoms with Gasteiger partial charge in [0.2, 0.25) is 0 Å². The molecule has 0 amide bonds. The number of ether oxygens (including phenoxy) is 1. The number of hydrogen-bond acceptors (Lipinski definition) is 3. The number of nitrogens with one attached hydrogen (secondary N) is 2. The third kappa shape index (κ3) is 5.34. The Morgan fingerprint density at radius 1 is 1.19 bits per heavy atom. The van der Waals surface area contributed by atoms with E-state index in [9.17, 15) is 9.18 Å². The van der Waals surface area contributed by atoms with Crippen molar-refractivity contribution in [2.75, 3.05) is 13.2 Å². The molecule has 3 aromatic rings. The summed E-state index contributed by atoms with van der Waals surface area (Å²) in [5.74, 6) is -0.281. The predicted octanol–water partition coefficient (Wildman–Crippen LogP) is 4.34. The molecule has 2 aromatic carbocycles. The lowest BCUT2D eigenvalue weighted by molar-refractivity contribution is 0.113. The third-order valence-electron chi connectivity index (χ3n) is 5.98. The van der Waals surface area contributed by atoms with Gasteiger partial charge in [0, 0.05) is 30.8 Å². The summed E-state index contributed by atoms with van der Waals surface area (Å²) in [6, 6.07) is 12.4. The van der Waals surface area contributed by atoms with Crippen LogP contribution in [0.4, 0.5) is 4.39 Å². The lowest BCUT2D eigenvalue weighted by atomic mass is 10.0. The minimum absolute atomic E-state index is 0.133. The number of thiocarbonyl (C=S) groups is 1. The number of H-pyrrole nitrogens is 1. The maximum absolute atomic E-state index is 13.4. The molecular weight excluding hydrogens is 425 g/mol. The molecule has 2 heterocycles. The fraction of sp³-hybridized carbons (Fsp3) is 0.360. The smallest absolute Gasteiger partial charge is 0.253 e. The molecule has 0 aliphatic carbocycles. The van der Waals surface area contributed by atoms with Crippen molar-refractivity contribution < 1.29 is 9.13 Å². The number of fused-ring (bicyclic) bond motifs is 1. The van der Waals surface area contributed by atoms with Gasteiger partial charge in [-0.1, -0.05) is 12.1 Å². The zero-order chi connectivity index (χ0) is 22.7. The Kier molecular flexibility index (Phi) is 6.86. The Hall–Kier alpha value is -2.77. The zero-order valence-corrected chi connectivity index (χ0v) is 19.2. The molecule has 1 aliphatic rings. The Labute approximate surface area is 192 Å². The van der Waals surface area contributed by atoms with E-state index in [2.05, 4.69) is 23.3 Å². The first-order valence-electron chi connectivity index (χ1n) is 10.9. The van der Waals surface area contributed by atoms with E-state index in [4.69, 9.17) is 17.0 Å². The Morgan fingerprint density at radius 3 is 2.66 bits per heavy atom. The van der Waals surface area contributed by atoms with Gasteiger partial charge < -0.3 is 19.9 Å². The number of nitrogens with zero attached hydrogens (tertiary/aromatic N) is 1. The van der Waals surface area contributed by atoms with Crippen LogP contribution in [-0.4, -0.2) is 34.3 Å².